The third kappa shape index (κ3) is 3.89. The van der Waals surface area contributed by atoms with Gasteiger partial charge in [0.15, 0.2) is 17.3 Å². The molecule has 0 radical (unpaired) electrons. The SMILES string of the molecule is O=c1nc2n(CCCC(F)(F)F)nc(C34CC5CC(CC(C5)C3)C4)nc-2c(=O)n1CC1CC1. The molecule has 0 aromatic heterocycles. The van der Waals surface area contributed by atoms with Crippen molar-refractivity contribution in [3.63, 3.8) is 0 Å². The van der Waals surface area contributed by atoms with Crippen molar-refractivity contribution >= 4 is 0 Å². The normalized spacial score (nSPS) is 30.9. The Morgan fingerprint density at radius 2 is 1.61 bits per heavy atom. The van der Waals surface area contributed by atoms with Crippen molar-refractivity contribution in [2.75, 3.05) is 0 Å². The molecule has 33 heavy (non-hydrogen) atoms. The highest BCUT2D eigenvalue weighted by atomic mass is 19.4. The number of halogens is 3. The summed E-state index contributed by atoms with van der Waals surface area (Å²) >= 11 is 0. The Morgan fingerprint density at radius 3 is 2.18 bits per heavy atom. The fourth-order valence-corrected chi connectivity index (χ4v) is 7.00. The summed E-state index contributed by atoms with van der Waals surface area (Å²) in [5, 5.41) is 4.68. The van der Waals surface area contributed by atoms with Crippen molar-refractivity contribution in [3.05, 3.63) is 26.7 Å². The Balaban J connectivity index is 1.46. The molecule has 0 amide bonds. The first-order valence-electron chi connectivity index (χ1n) is 12.2. The van der Waals surface area contributed by atoms with E-state index in [2.05, 4.69) is 10.1 Å². The molecular formula is C23H28F3N5O2. The van der Waals surface area contributed by atoms with Crippen LogP contribution in [0, 0.1) is 23.7 Å². The summed E-state index contributed by atoms with van der Waals surface area (Å²) in [5.74, 6) is 2.76. The van der Waals surface area contributed by atoms with Gasteiger partial charge in [-0.2, -0.15) is 23.3 Å². The number of fused-ring (bicyclic) bond motifs is 1. The summed E-state index contributed by atoms with van der Waals surface area (Å²) in [7, 11) is 0. The van der Waals surface area contributed by atoms with Crippen molar-refractivity contribution < 1.29 is 13.2 Å². The summed E-state index contributed by atoms with van der Waals surface area (Å²) in [6.45, 7) is 0.266. The van der Waals surface area contributed by atoms with E-state index in [1.807, 2.05) is 0 Å². The number of rotatable bonds is 6. The van der Waals surface area contributed by atoms with Crippen molar-refractivity contribution in [3.8, 4) is 11.5 Å². The maximum Gasteiger partial charge on any atom is 0.389 e. The van der Waals surface area contributed by atoms with E-state index >= 15 is 0 Å². The van der Waals surface area contributed by atoms with Gasteiger partial charge in [-0.05, 0) is 81.5 Å². The predicted molar refractivity (Wildman–Crippen MR) is 113 cm³/mol. The second-order valence-electron chi connectivity index (χ2n) is 11.0. The first-order valence-corrected chi connectivity index (χ1v) is 12.2. The molecule has 10 heteroatoms. The molecule has 5 fully saturated rings. The van der Waals surface area contributed by atoms with Gasteiger partial charge in [0.05, 0.1) is 0 Å². The maximum absolute atomic E-state index is 13.3. The minimum Gasteiger partial charge on any atom is -0.267 e. The third-order valence-corrected chi connectivity index (χ3v) is 8.25. The van der Waals surface area contributed by atoms with Crippen LogP contribution in [0.5, 0.6) is 0 Å². The van der Waals surface area contributed by atoms with Gasteiger partial charge in [-0.15, -0.1) is 0 Å². The second-order valence-corrected chi connectivity index (χ2v) is 11.0. The lowest BCUT2D eigenvalue weighted by Gasteiger charge is -2.55. The molecule has 0 aromatic rings. The zero-order valence-corrected chi connectivity index (χ0v) is 18.5. The monoisotopic (exact) mass is 463 g/mol. The molecule has 4 bridgehead atoms. The van der Waals surface area contributed by atoms with Gasteiger partial charge in [-0.3, -0.25) is 9.36 Å². The molecule has 2 aliphatic heterocycles. The van der Waals surface area contributed by atoms with Crippen LogP contribution in [0.3, 0.4) is 0 Å². The van der Waals surface area contributed by atoms with E-state index < -0.39 is 23.8 Å². The highest BCUT2D eigenvalue weighted by molar-refractivity contribution is 5.48. The smallest absolute Gasteiger partial charge is 0.267 e. The molecule has 7 nitrogen and oxygen atoms in total. The lowest BCUT2D eigenvalue weighted by molar-refractivity contribution is -0.136. The van der Waals surface area contributed by atoms with Gasteiger partial charge in [0.25, 0.3) is 5.56 Å². The van der Waals surface area contributed by atoms with Gasteiger partial charge in [0.2, 0.25) is 0 Å². The Bertz CT molecular complexity index is 1130. The summed E-state index contributed by atoms with van der Waals surface area (Å²) in [5.41, 5.74) is -1.31. The van der Waals surface area contributed by atoms with E-state index in [0.29, 0.717) is 36.0 Å². The average molecular weight is 464 g/mol. The maximum atomic E-state index is 13.3. The molecule has 0 saturated heterocycles. The summed E-state index contributed by atoms with van der Waals surface area (Å²) in [6, 6.07) is 0. The highest BCUT2D eigenvalue weighted by Crippen LogP contribution is 2.60. The van der Waals surface area contributed by atoms with E-state index in [4.69, 9.17) is 4.98 Å². The summed E-state index contributed by atoms with van der Waals surface area (Å²) < 4.78 is 40.9. The molecule has 7 aliphatic rings. The van der Waals surface area contributed by atoms with Gasteiger partial charge >= 0.3 is 11.9 Å². The first kappa shape index (κ1) is 21.3. The van der Waals surface area contributed by atoms with Crippen LogP contribution in [0.15, 0.2) is 9.59 Å². The van der Waals surface area contributed by atoms with Crippen molar-refractivity contribution in [1.29, 1.82) is 0 Å². The van der Waals surface area contributed by atoms with E-state index in [0.717, 1.165) is 36.7 Å². The Kier molecular flexibility index (Phi) is 4.75. The van der Waals surface area contributed by atoms with E-state index in [-0.39, 0.29) is 29.9 Å². The van der Waals surface area contributed by atoms with Gasteiger partial charge in [0.1, 0.15) is 0 Å². The summed E-state index contributed by atoms with van der Waals surface area (Å²) in [6.07, 6.45) is 3.12. The number of nitrogens with zero attached hydrogens (tertiary/aromatic N) is 5. The van der Waals surface area contributed by atoms with Crippen LogP contribution in [0.4, 0.5) is 13.2 Å². The van der Waals surface area contributed by atoms with Crippen molar-refractivity contribution in [1.82, 2.24) is 24.3 Å². The van der Waals surface area contributed by atoms with Crippen molar-refractivity contribution in [2.45, 2.75) is 88.9 Å². The number of hydrogen-bond donors (Lipinski definition) is 0. The standard InChI is InChI=1S/C23H28F3N5O2/c24-23(25,26)4-1-5-31-18-17(19(32)30(21(33)28-18)12-13-2-3-13)27-20(29-31)22-9-14-6-15(10-22)8-16(7-14)11-22/h13-16H,1-12H2. The summed E-state index contributed by atoms with van der Waals surface area (Å²) in [4.78, 5) is 34.7. The van der Waals surface area contributed by atoms with Crippen LogP contribution in [-0.2, 0) is 18.5 Å². The molecule has 5 aliphatic carbocycles. The van der Waals surface area contributed by atoms with Gasteiger partial charge in [0, 0.05) is 24.9 Å². The minimum atomic E-state index is -4.28. The second kappa shape index (κ2) is 7.37. The van der Waals surface area contributed by atoms with Crippen LogP contribution in [0.1, 0.15) is 70.0 Å². The topological polar surface area (TPSA) is 82.7 Å². The minimum absolute atomic E-state index is 0.00713. The molecule has 0 aromatic carbocycles. The fourth-order valence-electron chi connectivity index (χ4n) is 7.00. The fraction of sp³-hybridized carbons (Fsp3) is 0.783. The number of aromatic nitrogens is 5. The Hall–Kier alpha value is -2.26. The zero-order chi connectivity index (χ0) is 23.0. The Labute approximate surface area is 188 Å². The predicted octanol–water partition coefficient (Wildman–Crippen LogP) is 3.52. The molecule has 0 unspecified atom stereocenters. The van der Waals surface area contributed by atoms with E-state index in [9.17, 15) is 22.8 Å². The molecule has 0 N–H and O–H groups in total. The molecule has 178 valence electrons. The molecule has 0 atom stereocenters. The lowest BCUT2D eigenvalue weighted by atomic mass is 9.49. The quantitative estimate of drug-likeness (QED) is 0.655. The van der Waals surface area contributed by atoms with E-state index in [1.54, 1.807) is 0 Å². The molecule has 0 spiro atoms. The zero-order valence-electron chi connectivity index (χ0n) is 18.5. The molecule has 7 rings (SSSR count). The molecule has 5 saturated carbocycles. The number of alkyl halides is 3. The van der Waals surface area contributed by atoms with Crippen molar-refractivity contribution in [2.24, 2.45) is 23.7 Å². The molecule has 2 heterocycles. The van der Waals surface area contributed by atoms with Crippen LogP contribution in [0.25, 0.3) is 11.5 Å². The Morgan fingerprint density at radius 1 is 0.970 bits per heavy atom. The van der Waals surface area contributed by atoms with Gasteiger partial charge < -0.3 is 0 Å². The van der Waals surface area contributed by atoms with Crippen LogP contribution >= 0.6 is 0 Å². The largest absolute Gasteiger partial charge is 0.389 e. The van der Waals surface area contributed by atoms with Gasteiger partial charge in [-0.25, -0.2) is 14.5 Å². The lowest BCUT2D eigenvalue weighted by Crippen LogP contribution is -2.50. The van der Waals surface area contributed by atoms with E-state index in [1.165, 1.54) is 23.9 Å². The van der Waals surface area contributed by atoms with Crippen LogP contribution in [-0.4, -0.2) is 30.5 Å². The number of aryl methyl sites for hydroxylation is 1. The third-order valence-electron chi connectivity index (χ3n) is 8.25. The average Bonchev–Trinajstić information content (AvgIpc) is 3.54. The van der Waals surface area contributed by atoms with Gasteiger partial charge in [-0.1, -0.05) is 0 Å². The van der Waals surface area contributed by atoms with Crippen LogP contribution in [0.2, 0.25) is 0 Å². The number of hydrogen-bond acceptors (Lipinski definition) is 5. The first-order chi connectivity index (χ1) is 15.7. The van der Waals surface area contributed by atoms with Crippen LogP contribution < -0.4 is 11.2 Å². The highest BCUT2D eigenvalue weighted by Gasteiger charge is 2.53. The molecular weight excluding hydrogens is 435 g/mol.